The molecule has 0 fully saturated rings. The van der Waals surface area contributed by atoms with E-state index >= 15 is 0 Å². The Hall–Kier alpha value is -1.46. The number of aromatic nitrogens is 1. The molecular formula is C13H22N4O. The largest absolute Gasteiger partial charge is 0.298 e. The topological polar surface area (TPSA) is 71.2 Å². The second kappa shape index (κ2) is 7.79. The summed E-state index contributed by atoms with van der Waals surface area (Å²) in [6.07, 6.45) is 2.36. The molecule has 1 amide bonds. The maximum Gasteiger partial charge on any atom is 0.283 e. The first kappa shape index (κ1) is 14.6. The lowest BCUT2D eigenvalue weighted by molar-refractivity contribution is 0.0948. The van der Waals surface area contributed by atoms with Crippen molar-refractivity contribution in [3.63, 3.8) is 0 Å². The zero-order valence-corrected chi connectivity index (χ0v) is 11.1. The van der Waals surface area contributed by atoms with Crippen molar-refractivity contribution in [2.75, 3.05) is 13.1 Å². The number of rotatable bonds is 7. The van der Waals surface area contributed by atoms with Crippen molar-refractivity contribution >= 4 is 5.91 Å². The lowest BCUT2D eigenvalue weighted by atomic mass is 10.2. The molecule has 1 heterocycles. The van der Waals surface area contributed by atoms with E-state index < -0.39 is 0 Å². The van der Waals surface area contributed by atoms with E-state index in [9.17, 15) is 4.79 Å². The smallest absolute Gasteiger partial charge is 0.283 e. The zero-order chi connectivity index (χ0) is 13.4. The first-order chi connectivity index (χ1) is 8.71. The van der Waals surface area contributed by atoms with Gasteiger partial charge in [-0.25, -0.2) is 10.8 Å². The van der Waals surface area contributed by atoms with Gasteiger partial charge in [0.05, 0.1) is 5.69 Å². The van der Waals surface area contributed by atoms with Gasteiger partial charge < -0.3 is 0 Å². The second-order valence-electron chi connectivity index (χ2n) is 4.21. The number of carbonyl (C=O) groups excluding carboxylic acids is 1. The number of hydrogen-bond acceptors (Lipinski definition) is 4. The number of amides is 1. The van der Waals surface area contributed by atoms with Gasteiger partial charge in [0.1, 0.15) is 5.69 Å². The standard InChI is InChI=1S/C13H22N4O/c1-3-5-9-17(4-2)10-11-7-6-8-12(15-11)13(18)16-14/h6-8H,3-5,9-10,14H2,1-2H3,(H,16,18). The van der Waals surface area contributed by atoms with Crippen molar-refractivity contribution in [3.05, 3.63) is 29.6 Å². The highest BCUT2D eigenvalue weighted by Gasteiger charge is 2.08. The van der Waals surface area contributed by atoms with Gasteiger partial charge in [0, 0.05) is 6.54 Å². The fourth-order valence-electron chi connectivity index (χ4n) is 1.73. The van der Waals surface area contributed by atoms with Crippen molar-refractivity contribution < 1.29 is 4.79 Å². The van der Waals surface area contributed by atoms with Crippen LogP contribution in [0.25, 0.3) is 0 Å². The Labute approximate surface area is 108 Å². The maximum absolute atomic E-state index is 11.4. The van der Waals surface area contributed by atoms with E-state index in [0.29, 0.717) is 5.69 Å². The summed E-state index contributed by atoms with van der Waals surface area (Å²) in [6.45, 7) is 7.11. The molecule has 0 atom stereocenters. The van der Waals surface area contributed by atoms with Gasteiger partial charge in [-0.15, -0.1) is 0 Å². The summed E-state index contributed by atoms with van der Waals surface area (Å²) in [4.78, 5) is 18.0. The van der Waals surface area contributed by atoms with E-state index in [1.165, 1.54) is 12.8 Å². The van der Waals surface area contributed by atoms with Crippen LogP contribution in [0.4, 0.5) is 0 Å². The van der Waals surface area contributed by atoms with Crippen LogP contribution < -0.4 is 11.3 Å². The number of carbonyl (C=O) groups is 1. The van der Waals surface area contributed by atoms with Crippen LogP contribution in [0.2, 0.25) is 0 Å². The number of nitrogens with zero attached hydrogens (tertiary/aromatic N) is 2. The first-order valence-electron chi connectivity index (χ1n) is 6.40. The molecule has 1 aromatic rings. The summed E-state index contributed by atoms with van der Waals surface area (Å²) in [5, 5.41) is 0. The average molecular weight is 250 g/mol. The van der Waals surface area contributed by atoms with Crippen LogP contribution in [0.1, 0.15) is 42.9 Å². The van der Waals surface area contributed by atoms with E-state index in [1.807, 2.05) is 12.1 Å². The number of hydrazine groups is 1. The molecule has 0 aromatic carbocycles. The number of unbranched alkanes of at least 4 members (excludes halogenated alkanes) is 1. The Morgan fingerprint density at radius 1 is 1.44 bits per heavy atom. The number of nitrogen functional groups attached to an aromatic ring is 1. The van der Waals surface area contributed by atoms with Crippen LogP contribution in [0.5, 0.6) is 0 Å². The van der Waals surface area contributed by atoms with Gasteiger partial charge in [-0.1, -0.05) is 26.3 Å². The number of nitrogens with one attached hydrogen (secondary N) is 1. The third-order valence-corrected chi connectivity index (χ3v) is 2.83. The molecule has 0 aliphatic heterocycles. The summed E-state index contributed by atoms with van der Waals surface area (Å²) in [5.41, 5.74) is 3.35. The Morgan fingerprint density at radius 2 is 2.22 bits per heavy atom. The molecule has 0 bridgehead atoms. The van der Waals surface area contributed by atoms with Crippen molar-refractivity contribution in [2.45, 2.75) is 33.2 Å². The van der Waals surface area contributed by atoms with Crippen LogP contribution >= 0.6 is 0 Å². The summed E-state index contributed by atoms with van der Waals surface area (Å²) >= 11 is 0. The highest BCUT2D eigenvalue weighted by atomic mass is 16.2. The molecule has 0 saturated carbocycles. The van der Waals surface area contributed by atoms with Gasteiger partial charge in [0.15, 0.2) is 0 Å². The van der Waals surface area contributed by atoms with Crippen molar-refractivity contribution in [3.8, 4) is 0 Å². The maximum atomic E-state index is 11.4. The Morgan fingerprint density at radius 3 is 2.83 bits per heavy atom. The van der Waals surface area contributed by atoms with Gasteiger partial charge in [0.2, 0.25) is 0 Å². The van der Waals surface area contributed by atoms with Crippen molar-refractivity contribution in [1.82, 2.24) is 15.3 Å². The SMILES string of the molecule is CCCCN(CC)Cc1cccc(C(=O)NN)n1. The molecule has 18 heavy (non-hydrogen) atoms. The lowest BCUT2D eigenvalue weighted by Gasteiger charge is -2.19. The van der Waals surface area contributed by atoms with Gasteiger partial charge in [-0.05, 0) is 31.6 Å². The van der Waals surface area contributed by atoms with Crippen LogP contribution in [0.15, 0.2) is 18.2 Å². The number of pyridine rings is 1. The van der Waals surface area contributed by atoms with E-state index in [-0.39, 0.29) is 5.91 Å². The molecule has 0 unspecified atom stereocenters. The minimum atomic E-state index is -0.353. The summed E-state index contributed by atoms with van der Waals surface area (Å²) in [5.74, 6) is 4.74. The van der Waals surface area contributed by atoms with Crippen LogP contribution in [0.3, 0.4) is 0 Å². The number of nitrogens with two attached hydrogens (primary N) is 1. The summed E-state index contributed by atoms with van der Waals surface area (Å²) in [6, 6.07) is 5.43. The minimum absolute atomic E-state index is 0.353. The second-order valence-corrected chi connectivity index (χ2v) is 4.21. The molecule has 0 aliphatic rings. The Kier molecular flexibility index (Phi) is 6.32. The molecule has 5 heteroatoms. The number of hydrogen-bond donors (Lipinski definition) is 2. The third-order valence-electron chi connectivity index (χ3n) is 2.83. The summed E-state index contributed by atoms with van der Waals surface area (Å²) in [7, 11) is 0. The predicted octanol–water partition coefficient (Wildman–Crippen LogP) is 1.31. The molecule has 0 aliphatic carbocycles. The van der Waals surface area contributed by atoms with Gasteiger partial charge >= 0.3 is 0 Å². The quantitative estimate of drug-likeness (QED) is 0.435. The average Bonchev–Trinajstić information content (AvgIpc) is 2.42. The molecule has 0 radical (unpaired) electrons. The fourth-order valence-corrected chi connectivity index (χ4v) is 1.73. The molecular weight excluding hydrogens is 228 g/mol. The fraction of sp³-hybridized carbons (Fsp3) is 0.538. The highest BCUT2D eigenvalue weighted by molar-refractivity contribution is 5.91. The molecule has 0 spiro atoms. The molecule has 0 saturated heterocycles. The van der Waals surface area contributed by atoms with Crippen LogP contribution in [-0.4, -0.2) is 28.9 Å². The lowest BCUT2D eigenvalue weighted by Crippen LogP contribution is -2.31. The van der Waals surface area contributed by atoms with Gasteiger partial charge in [0.25, 0.3) is 5.91 Å². The zero-order valence-electron chi connectivity index (χ0n) is 11.1. The van der Waals surface area contributed by atoms with Crippen LogP contribution in [0, 0.1) is 0 Å². The van der Waals surface area contributed by atoms with E-state index in [4.69, 9.17) is 5.84 Å². The molecule has 3 N–H and O–H groups in total. The van der Waals surface area contributed by atoms with E-state index in [0.717, 1.165) is 25.3 Å². The molecule has 1 aromatic heterocycles. The van der Waals surface area contributed by atoms with Gasteiger partial charge in [-0.3, -0.25) is 15.1 Å². The molecule has 1 rings (SSSR count). The van der Waals surface area contributed by atoms with Crippen LogP contribution in [-0.2, 0) is 6.54 Å². The minimum Gasteiger partial charge on any atom is -0.298 e. The normalized spacial score (nSPS) is 10.7. The summed E-state index contributed by atoms with van der Waals surface area (Å²) < 4.78 is 0. The Balaban J connectivity index is 2.68. The molecule has 5 nitrogen and oxygen atoms in total. The molecule has 100 valence electrons. The van der Waals surface area contributed by atoms with E-state index in [2.05, 4.69) is 29.2 Å². The first-order valence-corrected chi connectivity index (χ1v) is 6.40. The third kappa shape index (κ3) is 4.43. The highest BCUT2D eigenvalue weighted by Crippen LogP contribution is 2.05. The van der Waals surface area contributed by atoms with Crippen molar-refractivity contribution in [1.29, 1.82) is 0 Å². The van der Waals surface area contributed by atoms with Crippen molar-refractivity contribution in [2.24, 2.45) is 5.84 Å². The predicted molar refractivity (Wildman–Crippen MR) is 71.7 cm³/mol. The van der Waals surface area contributed by atoms with Gasteiger partial charge in [-0.2, -0.15) is 0 Å². The Bertz CT molecular complexity index is 381. The monoisotopic (exact) mass is 250 g/mol. The van der Waals surface area contributed by atoms with E-state index in [1.54, 1.807) is 6.07 Å².